The number of para-hydroxylation sites is 1. The van der Waals surface area contributed by atoms with E-state index in [1.807, 2.05) is 25.1 Å². The van der Waals surface area contributed by atoms with Gasteiger partial charge in [-0.2, -0.15) is 4.31 Å². The van der Waals surface area contributed by atoms with E-state index in [-0.39, 0.29) is 17.3 Å². The average Bonchev–Trinajstić information content (AvgIpc) is 3.21. The molecule has 2 aromatic carbocycles. The quantitative estimate of drug-likeness (QED) is 0.680. The van der Waals surface area contributed by atoms with E-state index in [1.165, 1.54) is 10.4 Å². The first-order valence-corrected chi connectivity index (χ1v) is 11.1. The van der Waals surface area contributed by atoms with Crippen molar-refractivity contribution < 1.29 is 13.2 Å². The van der Waals surface area contributed by atoms with Crippen molar-refractivity contribution >= 4 is 44.1 Å². The van der Waals surface area contributed by atoms with Gasteiger partial charge in [-0.15, -0.1) is 0 Å². The maximum absolute atomic E-state index is 13.4. The highest BCUT2D eigenvalue weighted by atomic mass is 35.5. The van der Waals surface area contributed by atoms with E-state index in [9.17, 15) is 13.2 Å². The minimum atomic E-state index is -3.89. The maximum atomic E-state index is 13.4. The average molecular weight is 430 g/mol. The standard InChI is InChI=1S/C21H20ClN3O3S/c1-14-9-10-16(22)17(13-14)24-21(26)18-7-4-12-25(18)29(27,28)19-8-2-5-15-6-3-11-23-20(15)19/h2-3,5-6,8-11,13,18H,4,7,12H2,1H3,(H,24,26)/t18-/m0/s1. The second-order valence-corrected chi connectivity index (χ2v) is 9.34. The molecule has 1 aliphatic heterocycles. The zero-order valence-electron chi connectivity index (χ0n) is 15.8. The Labute approximate surface area is 174 Å². The van der Waals surface area contributed by atoms with Crippen molar-refractivity contribution in [3.63, 3.8) is 0 Å². The molecular weight excluding hydrogens is 410 g/mol. The third-order valence-corrected chi connectivity index (χ3v) is 7.34. The minimum absolute atomic E-state index is 0.115. The molecular formula is C21H20ClN3O3S. The number of carbonyl (C=O) groups is 1. The van der Waals surface area contributed by atoms with Crippen molar-refractivity contribution in [2.24, 2.45) is 0 Å². The number of rotatable bonds is 4. The number of hydrogen-bond acceptors (Lipinski definition) is 4. The van der Waals surface area contributed by atoms with Gasteiger partial charge in [0.1, 0.15) is 10.9 Å². The summed E-state index contributed by atoms with van der Waals surface area (Å²) in [5.74, 6) is -0.383. The van der Waals surface area contributed by atoms with Gasteiger partial charge in [-0.3, -0.25) is 9.78 Å². The summed E-state index contributed by atoms with van der Waals surface area (Å²) >= 11 is 6.18. The van der Waals surface area contributed by atoms with E-state index in [0.29, 0.717) is 29.1 Å². The number of sulfonamides is 1. The maximum Gasteiger partial charge on any atom is 0.245 e. The lowest BCUT2D eigenvalue weighted by Crippen LogP contribution is -2.43. The van der Waals surface area contributed by atoms with Crippen molar-refractivity contribution in [1.29, 1.82) is 0 Å². The van der Waals surface area contributed by atoms with Crippen LogP contribution in [0.4, 0.5) is 5.69 Å². The fourth-order valence-corrected chi connectivity index (χ4v) is 5.64. The zero-order valence-corrected chi connectivity index (χ0v) is 17.4. The Morgan fingerprint density at radius 1 is 1.21 bits per heavy atom. The van der Waals surface area contributed by atoms with Crippen LogP contribution >= 0.6 is 11.6 Å². The molecule has 3 aromatic rings. The van der Waals surface area contributed by atoms with Crippen LogP contribution in [-0.4, -0.2) is 36.2 Å². The van der Waals surface area contributed by atoms with Crippen molar-refractivity contribution in [3.8, 4) is 0 Å². The van der Waals surface area contributed by atoms with Crippen LogP contribution in [0.5, 0.6) is 0 Å². The van der Waals surface area contributed by atoms with Crippen LogP contribution in [0.25, 0.3) is 10.9 Å². The monoisotopic (exact) mass is 429 g/mol. The number of hydrogen-bond donors (Lipinski definition) is 1. The van der Waals surface area contributed by atoms with Gasteiger partial charge in [0.2, 0.25) is 15.9 Å². The summed E-state index contributed by atoms with van der Waals surface area (Å²) in [4.78, 5) is 17.3. The molecule has 2 heterocycles. The molecule has 1 atom stereocenters. The highest BCUT2D eigenvalue weighted by Gasteiger charge is 2.40. The normalized spacial score (nSPS) is 17.5. The van der Waals surface area contributed by atoms with Gasteiger partial charge in [0.15, 0.2) is 0 Å². The predicted molar refractivity (Wildman–Crippen MR) is 113 cm³/mol. The van der Waals surface area contributed by atoms with Crippen molar-refractivity contribution in [2.45, 2.75) is 30.7 Å². The second kappa shape index (κ2) is 7.74. The fraction of sp³-hybridized carbons (Fsp3) is 0.238. The number of benzene rings is 2. The van der Waals surface area contributed by atoms with Crippen LogP contribution in [-0.2, 0) is 14.8 Å². The molecule has 0 spiro atoms. The number of nitrogens with zero attached hydrogens (tertiary/aromatic N) is 2. The first-order valence-electron chi connectivity index (χ1n) is 9.30. The zero-order chi connectivity index (χ0) is 20.6. The van der Waals surface area contributed by atoms with E-state index in [0.717, 1.165) is 10.9 Å². The molecule has 0 bridgehead atoms. The van der Waals surface area contributed by atoms with Crippen LogP contribution in [0.1, 0.15) is 18.4 Å². The Morgan fingerprint density at radius 3 is 2.83 bits per heavy atom. The molecule has 1 aromatic heterocycles. The summed E-state index contributed by atoms with van der Waals surface area (Å²) in [6.07, 6.45) is 2.62. The lowest BCUT2D eigenvalue weighted by Gasteiger charge is -2.24. The fourth-order valence-electron chi connectivity index (χ4n) is 3.65. The number of amides is 1. The molecule has 0 radical (unpaired) electrons. The molecule has 1 amide bonds. The molecule has 1 aliphatic rings. The molecule has 1 saturated heterocycles. The summed E-state index contributed by atoms with van der Waals surface area (Å²) < 4.78 is 28.1. The van der Waals surface area contributed by atoms with Crippen LogP contribution in [0.3, 0.4) is 0 Å². The lowest BCUT2D eigenvalue weighted by molar-refractivity contribution is -0.119. The number of pyridine rings is 1. The summed E-state index contributed by atoms with van der Waals surface area (Å²) in [5.41, 5.74) is 1.83. The van der Waals surface area contributed by atoms with Crippen LogP contribution in [0.15, 0.2) is 59.6 Å². The van der Waals surface area contributed by atoms with E-state index < -0.39 is 16.1 Å². The molecule has 0 saturated carbocycles. The number of carbonyl (C=O) groups excluding carboxylic acids is 1. The summed E-state index contributed by atoms with van der Waals surface area (Å²) in [6.45, 7) is 2.18. The molecule has 0 unspecified atom stereocenters. The summed E-state index contributed by atoms with van der Waals surface area (Å²) in [7, 11) is -3.89. The smallest absolute Gasteiger partial charge is 0.245 e. The number of halogens is 1. The lowest BCUT2D eigenvalue weighted by atomic mass is 10.2. The molecule has 150 valence electrons. The van der Waals surface area contributed by atoms with Gasteiger partial charge in [-0.05, 0) is 49.6 Å². The first kappa shape index (κ1) is 19.8. The van der Waals surface area contributed by atoms with Crippen molar-refractivity contribution in [3.05, 3.63) is 65.3 Å². The molecule has 1 fully saturated rings. The van der Waals surface area contributed by atoms with Crippen molar-refractivity contribution in [1.82, 2.24) is 9.29 Å². The molecule has 8 heteroatoms. The SMILES string of the molecule is Cc1ccc(Cl)c(NC(=O)[C@@H]2CCCN2S(=O)(=O)c2cccc3cccnc23)c1. The van der Waals surface area contributed by atoms with Gasteiger partial charge in [-0.25, -0.2) is 8.42 Å². The van der Waals surface area contributed by atoms with Gasteiger partial charge in [0.05, 0.1) is 16.2 Å². The second-order valence-electron chi connectivity index (χ2n) is 7.08. The number of aryl methyl sites for hydroxylation is 1. The number of anilines is 1. The summed E-state index contributed by atoms with van der Waals surface area (Å²) in [6, 6.07) is 13.1. The van der Waals surface area contributed by atoms with Gasteiger partial charge in [0, 0.05) is 18.1 Å². The Kier molecular flexibility index (Phi) is 5.29. The molecule has 29 heavy (non-hydrogen) atoms. The van der Waals surface area contributed by atoms with Gasteiger partial charge in [-0.1, -0.05) is 35.9 Å². The van der Waals surface area contributed by atoms with Crippen LogP contribution in [0.2, 0.25) is 5.02 Å². The number of aromatic nitrogens is 1. The largest absolute Gasteiger partial charge is 0.323 e. The predicted octanol–water partition coefficient (Wildman–Crippen LogP) is 3.99. The Hall–Kier alpha value is -2.48. The molecule has 4 rings (SSSR count). The van der Waals surface area contributed by atoms with Gasteiger partial charge < -0.3 is 5.32 Å². The Morgan fingerprint density at radius 2 is 2.00 bits per heavy atom. The summed E-state index contributed by atoms with van der Waals surface area (Å²) in [5, 5.41) is 3.94. The molecule has 1 N–H and O–H groups in total. The highest BCUT2D eigenvalue weighted by molar-refractivity contribution is 7.89. The minimum Gasteiger partial charge on any atom is -0.323 e. The highest BCUT2D eigenvalue weighted by Crippen LogP contribution is 2.31. The topological polar surface area (TPSA) is 79.4 Å². The molecule has 6 nitrogen and oxygen atoms in total. The van der Waals surface area contributed by atoms with E-state index in [2.05, 4.69) is 10.3 Å². The third kappa shape index (κ3) is 3.73. The first-order chi connectivity index (χ1) is 13.9. The van der Waals surface area contributed by atoms with Gasteiger partial charge >= 0.3 is 0 Å². The van der Waals surface area contributed by atoms with Crippen molar-refractivity contribution in [2.75, 3.05) is 11.9 Å². The van der Waals surface area contributed by atoms with E-state index in [1.54, 1.807) is 30.5 Å². The third-order valence-electron chi connectivity index (χ3n) is 5.07. The van der Waals surface area contributed by atoms with Crippen LogP contribution in [0, 0.1) is 6.92 Å². The Bertz CT molecular complexity index is 1190. The van der Waals surface area contributed by atoms with E-state index in [4.69, 9.17) is 11.6 Å². The number of nitrogens with one attached hydrogen (secondary N) is 1. The Balaban J connectivity index is 1.67. The van der Waals surface area contributed by atoms with Crippen LogP contribution < -0.4 is 5.32 Å². The van der Waals surface area contributed by atoms with Gasteiger partial charge in [0.25, 0.3) is 0 Å². The van der Waals surface area contributed by atoms with E-state index >= 15 is 0 Å². The number of fused-ring (bicyclic) bond motifs is 1. The molecule has 0 aliphatic carbocycles.